The molecule has 0 bridgehead atoms. The second-order valence-electron chi connectivity index (χ2n) is 7.35. The van der Waals surface area contributed by atoms with Gasteiger partial charge in [-0.15, -0.1) is 0 Å². The molecule has 0 saturated heterocycles. The predicted molar refractivity (Wildman–Crippen MR) is 115 cm³/mol. The molecule has 5 nitrogen and oxygen atoms in total. The van der Waals surface area contributed by atoms with E-state index in [1.165, 1.54) is 0 Å². The number of nitrogens with zero attached hydrogens (tertiary/aromatic N) is 1. The summed E-state index contributed by atoms with van der Waals surface area (Å²) in [5, 5.41) is 9.79. The Morgan fingerprint density at radius 1 is 1.00 bits per heavy atom. The number of nitriles is 1. The van der Waals surface area contributed by atoms with Crippen molar-refractivity contribution in [1.82, 2.24) is 0 Å². The quantitative estimate of drug-likeness (QED) is 0.778. The minimum absolute atomic E-state index is 0.180. The lowest BCUT2D eigenvalue weighted by Gasteiger charge is -2.33. The molecule has 1 aliphatic heterocycles. The Kier molecular flexibility index (Phi) is 5.49. The van der Waals surface area contributed by atoms with Crippen molar-refractivity contribution < 1.29 is 14.2 Å². The van der Waals surface area contributed by atoms with Gasteiger partial charge in [0.15, 0.2) is 0 Å². The zero-order chi connectivity index (χ0) is 21.1. The van der Waals surface area contributed by atoms with Gasteiger partial charge in [0, 0.05) is 5.92 Å². The maximum absolute atomic E-state index is 9.79. The highest BCUT2D eigenvalue weighted by atomic mass is 16.5. The van der Waals surface area contributed by atoms with E-state index in [4.69, 9.17) is 19.9 Å². The zero-order valence-electron chi connectivity index (χ0n) is 17.1. The molecule has 0 radical (unpaired) electrons. The molecule has 1 heterocycles. The molecule has 4 rings (SSSR count). The van der Waals surface area contributed by atoms with Crippen molar-refractivity contribution in [2.45, 2.75) is 25.2 Å². The SMILES string of the molecule is COc1ccc(/C=C2/CCCC3=C2OC(N)=C(C#N)C3c2ccc(OC)cc2)cc1. The smallest absolute Gasteiger partial charge is 0.205 e. The zero-order valence-corrected chi connectivity index (χ0v) is 17.1. The van der Waals surface area contributed by atoms with Crippen molar-refractivity contribution in [3.63, 3.8) is 0 Å². The van der Waals surface area contributed by atoms with Gasteiger partial charge in [-0.25, -0.2) is 0 Å². The fourth-order valence-electron chi connectivity index (χ4n) is 4.11. The van der Waals surface area contributed by atoms with Crippen LogP contribution in [0.3, 0.4) is 0 Å². The highest BCUT2D eigenvalue weighted by Crippen LogP contribution is 2.47. The highest BCUT2D eigenvalue weighted by molar-refractivity contribution is 5.62. The number of nitrogens with two attached hydrogens (primary N) is 1. The Hall–Kier alpha value is -3.65. The van der Waals surface area contributed by atoms with Crippen LogP contribution in [0.1, 0.15) is 36.3 Å². The van der Waals surface area contributed by atoms with Gasteiger partial charge in [-0.1, -0.05) is 24.3 Å². The third-order valence-corrected chi connectivity index (χ3v) is 5.62. The molecule has 1 aliphatic carbocycles. The van der Waals surface area contributed by atoms with E-state index < -0.39 is 0 Å². The molecule has 152 valence electrons. The molecule has 0 spiro atoms. The fourth-order valence-corrected chi connectivity index (χ4v) is 4.11. The summed E-state index contributed by atoms with van der Waals surface area (Å²) in [6.07, 6.45) is 4.89. The van der Waals surface area contributed by atoms with Gasteiger partial charge in [0.25, 0.3) is 0 Å². The lowest BCUT2D eigenvalue weighted by molar-refractivity contribution is 0.277. The molecule has 0 saturated carbocycles. The summed E-state index contributed by atoms with van der Waals surface area (Å²) >= 11 is 0. The van der Waals surface area contributed by atoms with E-state index >= 15 is 0 Å². The Labute approximate surface area is 176 Å². The monoisotopic (exact) mass is 400 g/mol. The van der Waals surface area contributed by atoms with E-state index in [-0.39, 0.29) is 11.8 Å². The highest BCUT2D eigenvalue weighted by Gasteiger charge is 2.35. The second kappa shape index (κ2) is 8.38. The van der Waals surface area contributed by atoms with Crippen LogP contribution >= 0.6 is 0 Å². The minimum Gasteiger partial charge on any atom is -0.497 e. The average molecular weight is 400 g/mol. The van der Waals surface area contributed by atoms with Crippen LogP contribution in [-0.4, -0.2) is 14.2 Å². The minimum atomic E-state index is -0.204. The van der Waals surface area contributed by atoms with Crippen LogP contribution in [0, 0.1) is 11.3 Å². The van der Waals surface area contributed by atoms with Gasteiger partial charge in [-0.3, -0.25) is 0 Å². The fraction of sp³-hybridized carbons (Fsp3) is 0.240. The number of ether oxygens (including phenoxy) is 3. The molecule has 5 heteroatoms. The van der Waals surface area contributed by atoms with Gasteiger partial charge in [-0.2, -0.15) is 5.26 Å². The summed E-state index contributed by atoms with van der Waals surface area (Å²) in [6.45, 7) is 0. The maximum atomic E-state index is 9.79. The van der Waals surface area contributed by atoms with Gasteiger partial charge in [0.05, 0.1) is 14.2 Å². The molecule has 2 aromatic carbocycles. The number of benzene rings is 2. The maximum Gasteiger partial charge on any atom is 0.205 e. The molecule has 1 unspecified atom stereocenters. The number of allylic oxidation sites excluding steroid dienone is 3. The molecule has 30 heavy (non-hydrogen) atoms. The molecule has 2 aromatic rings. The summed E-state index contributed by atoms with van der Waals surface area (Å²) in [5.74, 6) is 2.37. The number of methoxy groups -OCH3 is 2. The first-order valence-electron chi connectivity index (χ1n) is 9.94. The van der Waals surface area contributed by atoms with Crippen LogP contribution in [0.15, 0.2) is 76.9 Å². The first-order chi connectivity index (χ1) is 14.6. The molecule has 2 aliphatic rings. The summed E-state index contributed by atoms with van der Waals surface area (Å²) in [7, 11) is 3.29. The van der Waals surface area contributed by atoms with E-state index in [9.17, 15) is 5.26 Å². The number of rotatable bonds is 4. The van der Waals surface area contributed by atoms with E-state index in [0.29, 0.717) is 5.57 Å². The third-order valence-electron chi connectivity index (χ3n) is 5.62. The predicted octanol–water partition coefficient (Wildman–Crippen LogP) is 5.03. The topological polar surface area (TPSA) is 77.5 Å². The molecule has 1 atom stereocenters. The van der Waals surface area contributed by atoms with Crippen molar-refractivity contribution in [2.75, 3.05) is 14.2 Å². The Balaban J connectivity index is 1.78. The van der Waals surface area contributed by atoms with Crippen LogP contribution in [0.2, 0.25) is 0 Å². The summed E-state index contributed by atoms with van der Waals surface area (Å²) in [4.78, 5) is 0. The van der Waals surface area contributed by atoms with Crippen molar-refractivity contribution in [2.24, 2.45) is 5.73 Å². The van der Waals surface area contributed by atoms with Gasteiger partial charge in [0.2, 0.25) is 5.88 Å². The van der Waals surface area contributed by atoms with Gasteiger partial charge >= 0.3 is 0 Å². The van der Waals surface area contributed by atoms with Gasteiger partial charge < -0.3 is 19.9 Å². The van der Waals surface area contributed by atoms with Crippen molar-refractivity contribution in [1.29, 1.82) is 5.26 Å². The van der Waals surface area contributed by atoms with Crippen LogP contribution in [0.25, 0.3) is 6.08 Å². The van der Waals surface area contributed by atoms with E-state index in [1.807, 2.05) is 48.5 Å². The molecule has 0 aromatic heterocycles. The third kappa shape index (κ3) is 3.65. The standard InChI is InChI=1S/C25H24N2O3/c1-28-19-10-6-16(7-11-19)14-18-4-3-5-21-23(17-8-12-20(29-2)13-9-17)22(15-26)25(27)30-24(18)21/h6-14,23H,3-5,27H2,1-2H3/b18-14-. The molecule has 0 amide bonds. The van der Waals surface area contributed by atoms with Crippen molar-refractivity contribution >= 4 is 6.08 Å². The molecular formula is C25H24N2O3. The Bertz CT molecular complexity index is 1070. The number of hydrogen-bond acceptors (Lipinski definition) is 5. The van der Waals surface area contributed by atoms with Crippen molar-refractivity contribution in [3.05, 3.63) is 88.0 Å². The summed E-state index contributed by atoms with van der Waals surface area (Å²) < 4.78 is 16.5. The van der Waals surface area contributed by atoms with Crippen LogP contribution < -0.4 is 15.2 Å². The summed E-state index contributed by atoms with van der Waals surface area (Å²) in [5.41, 5.74) is 11.0. The van der Waals surface area contributed by atoms with Crippen LogP contribution in [-0.2, 0) is 4.74 Å². The van der Waals surface area contributed by atoms with Crippen LogP contribution in [0.4, 0.5) is 0 Å². The Morgan fingerprint density at radius 2 is 1.63 bits per heavy atom. The Morgan fingerprint density at radius 3 is 2.23 bits per heavy atom. The van der Waals surface area contributed by atoms with Crippen LogP contribution in [0.5, 0.6) is 11.5 Å². The van der Waals surface area contributed by atoms with E-state index in [2.05, 4.69) is 12.1 Å². The van der Waals surface area contributed by atoms with Crippen molar-refractivity contribution in [3.8, 4) is 17.6 Å². The first kappa shape index (κ1) is 19.7. The second-order valence-corrected chi connectivity index (χ2v) is 7.35. The van der Waals surface area contributed by atoms with Gasteiger partial charge in [-0.05, 0) is 71.9 Å². The number of hydrogen-bond donors (Lipinski definition) is 1. The lowest BCUT2D eigenvalue weighted by atomic mass is 9.77. The van der Waals surface area contributed by atoms with E-state index in [0.717, 1.165) is 58.8 Å². The average Bonchev–Trinajstić information content (AvgIpc) is 2.79. The largest absolute Gasteiger partial charge is 0.497 e. The van der Waals surface area contributed by atoms with E-state index in [1.54, 1.807) is 14.2 Å². The van der Waals surface area contributed by atoms with Gasteiger partial charge in [0.1, 0.15) is 28.9 Å². The first-order valence-corrected chi connectivity index (χ1v) is 9.94. The molecule has 2 N–H and O–H groups in total. The lowest BCUT2D eigenvalue weighted by Crippen LogP contribution is -2.23. The summed E-state index contributed by atoms with van der Waals surface area (Å²) in [6, 6.07) is 18.0. The molecular weight excluding hydrogens is 376 g/mol. The molecule has 0 fully saturated rings. The normalized spacial score (nSPS) is 19.8.